The van der Waals surface area contributed by atoms with Crippen molar-refractivity contribution in [2.45, 2.75) is 18.2 Å². The van der Waals surface area contributed by atoms with Crippen LogP contribution in [0, 0.1) is 0 Å². The van der Waals surface area contributed by atoms with Crippen LogP contribution in [0.3, 0.4) is 0 Å². The molecule has 2 aromatic carbocycles. The van der Waals surface area contributed by atoms with E-state index in [0.717, 1.165) is 11.6 Å². The van der Waals surface area contributed by atoms with Crippen molar-refractivity contribution in [3.8, 4) is 0 Å². The number of hydrazone groups is 1. The third kappa shape index (κ3) is 1.65. The van der Waals surface area contributed by atoms with Gasteiger partial charge in [0.15, 0.2) is 0 Å². The Morgan fingerprint density at radius 3 is 3.16 bits per heavy atom. The zero-order chi connectivity index (χ0) is 12.8. The molecule has 0 saturated carbocycles. The number of hydrogen-bond acceptors (Lipinski definition) is 5. The summed E-state index contributed by atoms with van der Waals surface area (Å²) in [4.78, 5) is 1.23. The fraction of sp³-hybridized carbons (Fsp3) is 0.214. The molecule has 2 aliphatic rings. The minimum atomic E-state index is 0.713. The van der Waals surface area contributed by atoms with Crippen molar-refractivity contribution in [1.29, 1.82) is 0 Å². The molecule has 0 saturated heterocycles. The lowest BCUT2D eigenvalue weighted by Gasteiger charge is -2.28. The Morgan fingerprint density at radius 1 is 1.32 bits per heavy atom. The maximum Gasteiger partial charge on any atom is 0.208 e. The van der Waals surface area contributed by atoms with Crippen molar-refractivity contribution >= 4 is 33.4 Å². The van der Waals surface area contributed by atoms with Gasteiger partial charge in [0.25, 0.3) is 0 Å². The summed E-state index contributed by atoms with van der Waals surface area (Å²) in [5, 5.41) is 9.84. The fourth-order valence-electron chi connectivity index (χ4n) is 2.48. The smallest absolute Gasteiger partial charge is 0.208 e. The van der Waals surface area contributed by atoms with Crippen LogP contribution in [0.25, 0.3) is 10.8 Å². The molecule has 0 radical (unpaired) electrons. The first-order chi connectivity index (χ1) is 9.35. The highest BCUT2D eigenvalue weighted by Gasteiger charge is 2.26. The predicted octanol–water partition coefficient (Wildman–Crippen LogP) is 2.97. The molecule has 4 nitrogen and oxygen atoms in total. The van der Waals surface area contributed by atoms with Gasteiger partial charge in [-0.25, -0.2) is 5.01 Å². The average Bonchev–Trinajstić information content (AvgIpc) is 2.91. The van der Waals surface area contributed by atoms with E-state index in [0.29, 0.717) is 6.67 Å². The molecule has 2 aromatic rings. The molecule has 2 heterocycles. The van der Waals surface area contributed by atoms with Gasteiger partial charge in [0, 0.05) is 10.3 Å². The Bertz CT molecular complexity index is 695. The predicted molar refractivity (Wildman–Crippen MR) is 80.1 cm³/mol. The number of thioether (sulfide) groups is 1. The SMILES string of the molecule is CCc1ccc2c3c(ccc2c1)SC1=NNCN1N3. The first-order valence-electron chi connectivity index (χ1n) is 6.43. The van der Waals surface area contributed by atoms with Gasteiger partial charge in [0.1, 0.15) is 6.67 Å². The lowest BCUT2D eigenvalue weighted by atomic mass is 10.0. The Morgan fingerprint density at radius 2 is 2.26 bits per heavy atom. The Hall–Kier alpha value is -1.88. The number of hydrazine groups is 1. The van der Waals surface area contributed by atoms with Gasteiger partial charge in [-0.05, 0) is 35.2 Å². The summed E-state index contributed by atoms with van der Waals surface area (Å²) in [7, 11) is 0. The monoisotopic (exact) mass is 270 g/mol. The maximum atomic E-state index is 4.26. The minimum absolute atomic E-state index is 0.713. The number of benzene rings is 2. The summed E-state index contributed by atoms with van der Waals surface area (Å²) in [5.74, 6) is 0. The van der Waals surface area contributed by atoms with E-state index >= 15 is 0 Å². The van der Waals surface area contributed by atoms with Gasteiger partial charge in [-0.3, -0.25) is 10.9 Å². The molecule has 0 aromatic heterocycles. The van der Waals surface area contributed by atoms with Crippen LogP contribution in [0.2, 0.25) is 0 Å². The molecule has 2 aliphatic heterocycles. The fourth-order valence-corrected chi connectivity index (χ4v) is 3.40. The Kier molecular flexibility index (Phi) is 2.35. The lowest BCUT2D eigenvalue weighted by Crippen LogP contribution is -2.36. The molecule has 0 amide bonds. The van der Waals surface area contributed by atoms with Crippen LogP contribution in [0.15, 0.2) is 40.3 Å². The maximum absolute atomic E-state index is 4.26. The molecule has 0 spiro atoms. The first kappa shape index (κ1) is 11.0. The van der Waals surface area contributed by atoms with E-state index in [1.165, 1.54) is 26.9 Å². The van der Waals surface area contributed by atoms with E-state index in [1.807, 2.05) is 5.01 Å². The molecular weight excluding hydrogens is 256 g/mol. The van der Waals surface area contributed by atoms with Crippen LogP contribution in [0.5, 0.6) is 0 Å². The second kappa shape index (κ2) is 4.06. The van der Waals surface area contributed by atoms with Crippen LogP contribution in [0.4, 0.5) is 5.69 Å². The van der Waals surface area contributed by atoms with Crippen molar-refractivity contribution in [1.82, 2.24) is 10.4 Å². The molecule has 0 bridgehead atoms. The molecule has 0 fully saturated rings. The van der Waals surface area contributed by atoms with E-state index in [9.17, 15) is 0 Å². The summed E-state index contributed by atoms with van der Waals surface area (Å²) in [6, 6.07) is 11.1. The van der Waals surface area contributed by atoms with Crippen molar-refractivity contribution < 1.29 is 0 Å². The summed E-state index contributed by atoms with van der Waals surface area (Å²) >= 11 is 1.70. The topological polar surface area (TPSA) is 39.7 Å². The van der Waals surface area contributed by atoms with Crippen molar-refractivity contribution in [2.75, 3.05) is 12.1 Å². The number of nitrogens with one attached hydrogen (secondary N) is 2. The molecule has 5 heteroatoms. The Balaban J connectivity index is 1.89. The summed E-state index contributed by atoms with van der Waals surface area (Å²) in [5.41, 5.74) is 9.02. The molecule has 2 N–H and O–H groups in total. The normalized spacial score (nSPS) is 16.5. The highest BCUT2D eigenvalue weighted by atomic mass is 32.2. The quantitative estimate of drug-likeness (QED) is 0.835. The van der Waals surface area contributed by atoms with Crippen LogP contribution >= 0.6 is 11.8 Å². The number of aryl methyl sites for hydroxylation is 1. The minimum Gasteiger partial charge on any atom is -0.293 e. The van der Waals surface area contributed by atoms with Crippen LogP contribution in [0.1, 0.15) is 12.5 Å². The van der Waals surface area contributed by atoms with Gasteiger partial charge in [0.2, 0.25) is 5.17 Å². The number of amidine groups is 1. The number of rotatable bonds is 1. The Labute approximate surface area is 115 Å². The zero-order valence-electron chi connectivity index (χ0n) is 10.6. The van der Waals surface area contributed by atoms with E-state index in [2.05, 4.69) is 53.2 Å². The van der Waals surface area contributed by atoms with E-state index in [1.54, 1.807) is 11.8 Å². The molecule has 96 valence electrons. The summed E-state index contributed by atoms with van der Waals surface area (Å²) in [6.07, 6.45) is 1.07. The molecule has 0 aliphatic carbocycles. The summed E-state index contributed by atoms with van der Waals surface area (Å²) < 4.78 is 0. The van der Waals surface area contributed by atoms with E-state index in [4.69, 9.17) is 0 Å². The number of fused-ring (bicyclic) bond motifs is 4. The highest BCUT2D eigenvalue weighted by molar-refractivity contribution is 8.14. The van der Waals surface area contributed by atoms with Crippen LogP contribution < -0.4 is 10.9 Å². The lowest BCUT2D eigenvalue weighted by molar-refractivity contribution is 0.501. The van der Waals surface area contributed by atoms with Gasteiger partial charge in [0.05, 0.1) is 5.69 Å². The second-order valence-electron chi connectivity index (χ2n) is 4.70. The van der Waals surface area contributed by atoms with Crippen LogP contribution in [-0.2, 0) is 6.42 Å². The number of anilines is 1. The van der Waals surface area contributed by atoms with Crippen LogP contribution in [-0.4, -0.2) is 16.8 Å². The summed E-state index contributed by atoms with van der Waals surface area (Å²) in [6.45, 7) is 2.90. The molecule has 19 heavy (non-hydrogen) atoms. The van der Waals surface area contributed by atoms with Gasteiger partial charge >= 0.3 is 0 Å². The van der Waals surface area contributed by atoms with Gasteiger partial charge < -0.3 is 0 Å². The first-order valence-corrected chi connectivity index (χ1v) is 7.25. The van der Waals surface area contributed by atoms with E-state index < -0.39 is 0 Å². The third-order valence-electron chi connectivity index (χ3n) is 3.54. The largest absolute Gasteiger partial charge is 0.293 e. The average molecular weight is 270 g/mol. The zero-order valence-corrected chi connectivity index (χ0v) is 11.4. The standard InChI is InChI=1S/C14H14N4S/c1-2-9-3-5-11-10(7-9)4-6-12-13(11)17-18-8-15-16-14(18)19-12/h3-7,15,17H,2,8H2,1H3. The number of nitrogens with zero attached hydrogens (tertiary/aromatic N) is 2. The molecule has 4 rings (SSSR count). The van der Waals surface area contributed by atoms with E-state index in [-0.39, 0.29) is 0 Å². The van der Waals surface area contributed by atoms with Crippen molar-refractivity contribution in [3.63, 3.8) is 0 Å². The van der Waals surface area contributed by atoms with Crippen molar-refractivity contribution in [2.24, 2.45) is 5.10 Å². The highest BCUT2D eigenvalue weighted by Crippen LogP contribution is 2.40. The van der Waals surface area contributed by atoms with Crippen molar-refractivity contribution in [3.05, 3.63) is 35.9 Å². The van der Waals surface area contributed by atoms with Gasteiger partial charge in [-0.2, -0.15) is 5.10 Å². The molecular formula is C14H14N4S. The third-order valence-corrected chi connectivity index (χ3v) is 4.59. The molecule has 0 atom stereocenters. The number of hydrogen-bond donors (Lipinski definition) is 2. The molecule has 0 unspecified atom stereocenters. The second-order valence-corrected chi connectivity index (χ2v) is 5.71. The van der Waals surface area contributed by atoms with Gasteiger partial charge in [-0.1, -0.05) is 31.2 Å². The van der Waals surface area contributed by atoms with Gasteiger partial charge in [-0.15, -0.1) is 0 Å².